The summed E-state index contributed by atoms with van der Waals surface area (Å²) >= 11 is 11.9. The largest absolute Gasteiger partial charge is 0.298 e. The molecule has 0 saturated heterocycles. The molecule has 2 aromatic rings. The molecule has 1 aromatic heterocycles. The van der Waals surface area contributed by atoms with Crippen molar-refractivity contribution in [3.8, 4) is 11.3 Å². The number of benzene rings is 1. The first-order valence-corrected chi connectivity index (χ1v) is 5.50. The summed E-state index contributed by atoms with van der Waals surface area (Å²) in [6.45, 7) is 0. The number of aromatic nitrogens is 1. The topological polar surface area (TPSA) is 56.0 Å². The van der Waals surface area contributed by atoms with Crippen molar-refractivity contribution in [3.05, 3.63) is 56.4 Å². The van der Waals surface area contributed by atoms with Crippen LogP contribution in [0.1, 0.15) is 0 Å². The minimum Gasteiger partial charge on any atom is -0.258 e. The second-order valence-electron chi connectivity index (χ2n) is 3.38. The van der Waals surface area contributed by atoms with Crippen molar-refractivity contribution >= 4 is 28.9 Å². The highest BCUT2D eigenvalue weighted by atomic mass is 35.5. The minimum atomic E-state index is -0.798. The molecule has 0 bridgehead atoms. The Morgan fingerprint density at radius 1 is 1.28 bits per heavy atom. The van der Waals surface area contributed by atoms with Crippen LogP contribution in [0.15, 0.2) is 30.5 Å². The summed E-state index contributed by atoms with van der Waals surface area (Å²) in [5.41, 5.74) is -0.325. The van der Waals surface area contributed by atoms with Gasteiger partial charge >= 0.3 is 0 Å². The van der Waals surface area contributed by atoms with Gasteiger partial charge in [0.2, 0.25) is 0 Å². The number of nitro groups is 1. The molecule has 0 unspecified atom stereocenters. The van der Waals surface area contributed by atoms with Gasteiger partial charge in [0.1, 0.15) is 5.82 Å². The monoisotopic (exact) mass is 286 g/mol. The third-order valence-corrected chi connectivity index (χ3v) is 2.86. The van der Waals surface area contributed by atoms with E-state index in [0.717, 1.165) is 12.3 Å². The van der Waals surface area contributed by atoms with Gasteiger partial charge in [-0.15, -0.1) is 0 Å². The van der Waals surface area contributed by atoms with Crippen LogP contribution in [0.5, 0.6) is 0 Å². The first-order valence-electron chi connectivity index (χ1n) is 4.75. The van der Waals surface area contributed by atoms with Crippen LogP contribution >= 0.6 is 23.2 Å². The standard InChI is InChI=1S/C11H5Cl2FN2O2/c12-7-2-1-3-8(13)10(7)11-9(16(17)18)4-6(14)5-15-11/h1-5H. The molecule has 4 nitrogen and oxygen atoms in total. The van der Waals surface area contributed by atoms with E-state index in [1.54, 1.807) is 6.07 Å². The summed E-state index contributed by atoms with van der Waals surface area (Å²) in [4.78, 5) is 13.9. The van der Waals surface area contributed by atoms with Crippen LogP contribution < -0.4 is 0 Å². The normalized spacial score (nSPS) is 10.4. The minimum absolute atomic E-state index is 0.0583. The van der Waals surface area contributed by atoms with Gasteiger partial charge in [0, 0.05) is 5.56 Å². The van der Waals surface area contributed by atoms with Crippen LogP contribution in [0.3, 0.4) is 0 Å². The number of halogens is 3. The number of rotatable bonds is 2. The third-order valence-electron chi connectivity index (χ3n) is 2.23. The lowest BCUT2D eigenvalue weighted by Gasteiger charge is -2.06. The molecule has 0 spiro atoms. The molecular formula is C11H5Cl2FN2O2. The maximum absolute atomic E-state index is 13.0. The fourth-order valence-corrected chi connectivity index (χ4v) is 2.06. The van der Waals surface area contributed by atoms with Crippen LogP contribution in [0.4, 0.5) is 10.1 Å². The first kappa shape index (κ1) is 12.7. The predicted molar refractivity (Wildman–Crippen MR) is 66.3 cm³/mol. The molecule has 0 N–H and O–H groups in total. The van der Waals surface area contributed by atoms with E-state index in [-0.39, 0.29) is 21.3 Å². The molecule has 0 atom stereocenters. The Bertz CT molecular complexity index is 614. The highest BCUT2D eigenvalue weighted by Gasteiger charge is 2.22. The average Bonchev–Trinajstić information content (AvgIpc) is 2.30. The highest BCUT2D eigenvalue weighted by Crippen LogP contribution is 2.38. The summed E-state index contributed by atoms with van der Waals surface area (Å²) in [7, 11) is 0. The van der Waals surface area contributed by atoms with E-state index in [4.69, 9.17) is 23.2 Å². The first-order chi connectivity index (χ1) is 8.50. The fourth-order valence-electron chi connectivity index (χ4n) is 1.48. The molecule has 92 valence electrons. The van der Waals surface area contributed by atoms with E-state index in [1.807, 2.05) is 0 Å². The molecule has 18 heavy (non-hydrogen) atoms. The molecule has 0 aliphatic carbocycles. The average molecular weight is 287 g/mol. The van der Waals surface area contributed by atoms with Gasteiger partial charge in [-0.05, 0) is 12.1 Å². The summed E-state index contributed by atoms with van der Waals surface area (Å²) in [6.07, 6.45) is 0.877. The Morgan fingerprint density at radius 3 is 2.44 bits per heavy atom. The zero-order valence-electron chi connectivity index (χ0n) is 8.73. The Kier molecular flexibility index (Phi) is 3.45. The zero-order chi connectivity index (χ0) is 13.3. The van der Waals surface area contributed by atoms with E-state index in [0.29, 0.717) is 0 Å². The number of pyridine rings is 1. The zero-order valence-corrected chi connectivity index (χ0v) is 10.2. The van der Waals surface area contributed by atoms with Crippen molar-refractivity contribution in [3.63, 3.8) is 0 Å². The van der Waals surface area contributed by atoms with Gasteiger partial charge in [0.25, 0.3) is 5.69 Å². The van der Waals surface area contributed by atoms with Crippen LogP contribution in [0.2, 0.25) is 10.0 Å². The Hall–Kier alpha value is -1.72. The summed E-state index contributed by atoms with van der Waals surface area (Å²) in [5.74, 6) is -0.798. The predicted octanol–water partition coefficient (Wildman–Crippen LogP) is 4.10. The highest BCUT2D eigenvalue weighted by molar-refractivity contribution is 6.39. The lowest BCUT2D eigenvalue weighted by Crippen LogP contribution is -1.97. The van der Waals surface area contributed by atoms with E-state index >= 15 is 0 Å². The molecule has 0 radical (unpaired) electrons. The van der Waals surface area contributed by atoms with Gasteiger partial charge in [0.05, 0.1) is 27.2 Å². The lowest BCUT2D eigenvalue weighted by atomic mass is 10.1. The molecule has 0 saturated carbocycles. The van der Waals surface area contributed by atoms with Gasteiger partial charge in [-0.1, -0.05) is 29.3 Å². The molecular weight excluding hydrogens is 282 g/mol. The molecule has 0 aliphatic heterocycles. The quantitative estimate of drug-likeness (QED) is 0.617. The van der Waals surface area contributed by atoms with Crippen LogP contribution in [-0.2, 0) is 0 Å². The van der Waals surface area contributed by atoms with Gasteiger partial charge in [-0.3, -0.25) is 10.1 Å². The second kappa shape index (κ2) is 4.88. The van der Waals surface area contributed by atoms with Crippen LogP contribution in [0, 0.1) is 15.9 Å². The number of hydrogen-bond acceptors (Lipinski definition) is 3. The smallest absolute Gasteiger partial charge is 0.258 e. The molecule has 0 amide bonds. The summed E-state index contributed by atoms with van der Waals surface area (Å²) in [5, 5.41) is 11.3. The van der Waals surface area contributed by atoms with Gasteiger partial charge in [0.15, 0.2) is 5.69 Å². The Morgan fingerprint density at radius 2 is 1.89 bits per heavy atom. The molecule has 2 rings (SSSR count). The number of nitrogens with zero attached hydrogens (tertiary/aromatic N) is 2. The van der Waals surface area contributed by atoms with Crippen molar-refractivity contribution < 1.29 is 9.31 Å². The van der Waals surface area contributed by atoms with Crippen LogP contribution in [0.25, 0.3) is 11.3 Å². The molecule has 1 heterocycles. The molecule has 7 heteroatoms. The maximum Gasteiger partial charge on any atom is 0.298 e. The maximum atomic E-state index is 13.0. The third kappa shape index (κ3) is 2.27. The summed E-state index contributed by atoms with van der Waals surface area (Å²) in [6, 6.07) is 5.43. The van der Waals surface area contributed by atoms with Gasteiger partial charge < -0.3 is 0 Å². The van der Waals surface area contributed by atoms with Crippen molar-refractivity contribution in [2.24, 2.45) is 0 Å². The van der Waals surface area contributed by atoms with E-state index < -0.39 is 16.4 Å². The van der Waals surface area contributed by atoms with Crippen molar-refractivity contribution in [2.45, 2.75) is 0 Å². The summed E-state index contributed by atoms with van der Waals surface area (Å²) < 4.78 is 13.0. The van der Waals surface area contributed by atoms with Crippen molar-refractivity contribution in [2.75, 3.05) is 0 Å². The second-order valence-corrected chi connectivity index (χ2v) is 4.19. The molecule has 0 aliphatic rings. The van der Waals surface area contributed by atoms with E-state index in [1.165, 1.54) is 12.1 Å². The lowest BCUT2D eigenvalue weighted by molar-refractivity contribution is -0.384. The fraction of sp³-hybridized carbons (Fsp3) is 0. The van der Waals surface area contributed by atoms with Crippen LogP contribution in [-0.4, -0.2) is 9.91 Å². The van der Waals surface area contributed by atoms with Gasteiger partial charge in [-0.2, -0.15) is 0 Å². The van der Waals surface area contributed by atoms with E-state index in [9.17, 15) is 14.5 Å². The Balaban J connectivity index is 2.75. The van der Waals surface area contributed by atoms with Crippen molar-refractivity contribution in [1.29, 1.82) is 0 Å². The molecule has 1 aromatic carbocycles. The SMILES string of the molecule is O=[N+]([O-])c1cc(F)cnc1-c1c(Cl)cccc1Cl. The van der Waals surface area contributed by atoms with E-state index in [2.05, 4.69) is 4.98 Å². The molecule has 0 fully saturated rings. The Labute approximate surface area is 111 Å². The number of hydrogen-bond donors (Lipinski definition) is 0. The van der Waals surface area contributed by atoms with Crippen molar-refractivity contribution in [1.82, 2.24) is 4.98 Å². The van der Waals surface area contributed by atoms with Gasteiger partial charge in [-0.25, -0.2) is 9.37 Å².